The molecule has 1 N–H and O–H groups in total. The third-order valence-corrected chi connectivity index (χ3v) is 4.86. The first-order valence-corrected chi connectivity index (χ1v) is 7.88. The van der Waals surface area contributed by atoms with Crippen molar-refractivity contribution in [2.75, 3.05) is 33.7 Å². The molecule has 4 nitrogen and oxygen atoms in total. The highest BCUT2D eigenvalue weighted by Gasteiger charge is 2.20. The Morgan fingerprint density at radius 1 is 1.29 bits per heavy atom. The number of rotatable bonds is 7. The van der Waals surface area contributed by atoms with Crippen molar-refractivity contribution in [1.29, 1.82) is 0 Å². The Kier molecular flexibility index (Phi) is 5.33. The smallest absolute Gasteiger partial charge is 0.317 e. The largest absolute Gasteiger partial charge is 0.480 e. The highest BCUT2D eigenvalue weighted by atomic mass is 32.1. The molecule has 21 heavy (non-hydrogen) atoms. The van der Waals surface area contributed by atoms with Crippen LogP contribution in [0.25, 0.3) is 10.1 Å². The van der Waals surface area contributed by atoms with Crippen LogP contribution in [-0.2, 0) is 4.79 Å². The van der Waals surface area contributed by atoms with E-state index in [1.165, 1.54) is 15.0 Å². The van der Waals surface area contributed by atoms with Gasteiger partial charge in [0.25, 0.3) is 0 Å². The monoisotopic (exact) mass is 306 g/mol. The highest BCUT2D eigenvalue weighted by molar-refractivity contribution is 7.19. The predicted octanol–water partition coefficient (Wildman–Crippen LogP) is 2.91. The van der Waals surface area contributed by atoms with Gasteiger partial charge in [0, 0.05) is 28.7 Å². The van der Waals surface area contributed by atoms with Crippen LogP contribution < -0.4 is 0 Å². The van der Waals surface area contributed by atoms with Crippen LogP contribution >= 0.6 is 11.3 Å². The van der Waals surface area contributed by atoms with Gasteiger partial charge in [0.1, 0.15) is 0 Å². The summed E-state index contributed by atoms with van der Waals surface area (Å²) in [7, 11) is 4.01. The van der Waals surface area contributed by atoms with E-state index in [1.54, 1.807) is 11.3 Å². The van der Waals surface area contributed by atoms with E-state index < -0.39 is 5.97 Å². The molecule has 1 aromatic heterocycles. The molecule has 0 bridgehead atoms. The molecular weight excluding hydrogens is 284 g/mol. The van der Waals surface area contributed by atoms with Gasteiger partial charge < -0.3 is 10.0 Å². The summed E-state index contributed by atoms with van der Waals surface area (Å²) >= 11 is 1.75. The first kappa shape index (κ1) is 15.9. The summed E-state index contributed by atoms with van der Waals surface area (Å²) in [5.74, 6) is -0.776. The fourth-order valence-electron chi connectivity index (χ4n) is 2.30. The molecule has 0 amide bonds. The first-order chi connectivity index (χ1) is 9.97. The lowest BCUT2D eigenvalue weighted by Crippen LogP contribution is -2.37. The second kappa shape index (κ2) is 7.02. The van der Waals surface area contributed by atoms with Crippen molar-refractivity contribution in [2.24, 2.45) is 0 Å². The van der Waals surface area contributed by atoms with E-state index in [2.05, 4.69) is 30.0 Å². The van der Waals surface area contributed by atoms with E-state index in [0.717, 1.165) is 13.1 Å². The van der Waals surface area contributed by atoms with Gasteiger partial charge in [-0.2, -0.15) is 0 Å². The number of thiophene rings is 1. The van der Waals surface area contributed by atoms with Crippen LogP contribution in [0.4, 0.5) is 0 Å². The lowest BCUT2D eigenvalue weighted by atomic mass is 10.2. The normalized spacial score (nSPS) is 13.2. The molecule has 0 radical (unpaired) electrons. The Hall–Kier alpha value is -1.43. The number of hydrogen-bond acceptors (Lipinski definition) is 4. The summed E-state index contributed by atoms with van der Waals surface area (Å²) in [5, 5.41) is 10.4. The Labute approximate surface area is 129 Å². The molecular formula is C16H22N2O2S. The summed E-state index contributed by atoms with van der Waals surface area (Å²) in [6.45, 7) is 3.75. The van der Waals surface area contributed by atoms with Crippen LogP contribution in [0.1, 0.15) is 17.8 Å². The number of carboxylic acids is 1. The number of aliphatic carboxylic acids is 1. The molecule has 1 heterocycles. The zero-order valence-corrected chi connectivity index (χ0v) is 13.6. The van der Waals surface area contributed by atoms with Crippen LogP contribution in [0.2, 0.25) is 0 Å². The minimum absolute atomic E-state index is 0.0727. The van der Waals surface area contributed by atoms with Crippen molar-refractivity contribution >= 4 is 27.4 Å². The topological polar surface area (TPSA) is 43.8 Å². The minimum Gasteiger partial charge on any atom is -0.480 e. The van der Waals surface area contributed by atoms with Crippen LogP contribution in [0.15, 0.2) is 30.3 Å². The van der Waals surface area contributed by atoms with Crippen molar-refractivity contribution < 1.29 is 9.90 Å². The predicted molar refractivity (Wildman–Crippen MR) is 88.0 cm³/mol. The lowest BCUT2D eigenvalue weighted by molar-refractivity contribution is -0.138. The Morgan fingerprint density at radius 3 is 2.62 bits per heavy atom. The maximum atomic E-state index is 11.1. The van der Waals surface area contributed by atoms with Crippen LogP contribution in [-0.4, -0.2) is 54.6 Å². The highest BCUT2D eigenvalue weighted by Crippen LogP contribution is 2.32. The summed E-state index contributed by atoms with van der Waals surface area (Å²) in [6, 6.07) is 10.6. The number of fused-ring (bicyclic) bond motifs is 1. The maximum Gasteiger partial charge on any atom is 0.317 e. The number of likely N-dealkylation sites (N-methyl/N-ethyl adjacent to an activating group) is 1. The van der Waals surface area contributed by atoms with Gasteiger partial charge in [0.05, 0.1) is 6.54 Å². The van der Waals surface area contributed by atoms with Crippen LogP contribution in [0, 0.1) is 0 Å². The van der Waals surface area contributed by atoms with Gasteiger partial charge in [-0.15, -0.1) is 11.3 Å². The Morgan fingerprint density at radius 2 is 2.00 bits per heavy atom. The molecule has 5 heteroatoms. The van der Waals surface area contributed by atoms with Crippen molar-refractivity contribution in [1.82, 2.24) is 9.80 Å². The average molecular weight is 306 g/mol. The summed E-state index contributed by atoms with van der Waals surface area (Å²) in [4.78, 5) is 16.4. The molecule has 0 spiro atoms. The zero-order chi connectivity index (χ0) is 15.4. The van der Waals surface area contributed by atoms with Crippen molar-refractivity contribution in [3.8, 4) is 0 Å². The molecule has 0 aliphatic rings. The molecule has 0 saturated carbocycles. The Balaban J connectivity index is 2.18. The van der Waals surface area contributed by atoms with Crippen molar-refractivity contribution in [3.63, 3.8) is 0 Å². The molecule has 1 aromatic carbocycles. The Bertz CT molecular complexity index is 576. The molecule has 0 saturated heterocycles. The van der Waals surface area contributed by atoms with Crippen molar-refractivity contribution in [3.05, 3.63) is 35.2 Å². The third kappa shape index (κ3) is 4.27. The molecule has 0 aliphatic carbocycles. The number of nitrogens with zero attached hydrogens (tertiary/aromatic N) is 2. The van der Waals surface area contributed by atoms with Crippen LogP contribution in [0.5, 0.6) is 0 Å². The van der Waals surface area contributed by atoms with E-state index in [1.807, 2.05) is 31.1 Å². The van der Waals surface area contributed by atoms with Gasteiger partial charge in [-0.1, -0.05) is 18.2 Å². The summed E-state index contributed by atoms with van der Waals surface area (Å²) in [5.41, 5.74) is 0. The van der Waals surface area contributed by atoms with Gasteiger partial charge in [-0.05, 0) is 38.5 Å². The van der Waals surface area contributed by atoms with E-state index in [0.29, 0.717) is 0 Å². The summed E-state index contributed by atoms with van der Waals surface area (Å²) < 4.78 is 1.25. The van der Waals surface area contributed by atoms with E-state index in [4.69, 9.17) is 5.11 Å². The van der Waals surface area contributed by atoms with Crippen LogP contribution in [0.3, 0.4) is 0 Å². The first-order valence-electron chi connectivity index (χ1n) is 7.06. The number of hydrogen-bond donors (Lipinski definition) is 1. The molecule has 2 aromatic rings. The lowest BCUT2D eigenvalue weighted by Gasteiger charge is -2.28. The fraction of sp³-hybridized carbons (Fsp3) is 0.438. The standard InChI is InChI=1S/C16H22N2O2S/c1-12(18(11-16(19)20)9-8-17(2)3)15-10-13-6-4-5-7-14(13)21-15/h4-7,10,12H,8-9,11H2,1-3H3,(H,19,20). The van der Waals surface area contributed by atoms with E-state index in [-0.39, 0.29) is 12.6 Å². The van der Waals surface area contributed by atoms with Crippen molar-refractivity contribution in [2.45, 2.75) is 13.0 Å². The number of benzene rings is 1. The van der Waals surface area contributed by atoms with Gasteiger partial charge in [-0.3, -0.25) is 9.69 Å². The van der Waals surface area contributed by atoms with E-state index in [9.17, 15) is 4.79 Å². The molecule has 1 atom stereocenters. The third-order valence-electron chi connectivity index (χ3n) is 3.58. The average Bonchev–Trinajstić information content (AvgIpc) is 2.86. The van der Waals surface area contributed by atoms with Gasteiger partial charge in [0.2, 0.25) is 0 Å². The molecule has 1 unspecified atom stereocenters. The second-order valence-electron chi connectivity index (χ2n) is 5.53. The maximum absolute atomic E-state index is 11.1. The quantitative estimate of drug-likeness (QED) is 0.854. The van der Waals surface area contributed by atoms with Gasteiger partial charge >= 0.3 is 5.97 Å². The molecule has 2 rings (SSSR count). The number of carboxylic acid groups (broad SMARTS) is 1. The molecule has 0 aliphatic heterocycles. The summed E-state index contributed by atoms with van der Waals surface area (Å²) in [6.07, 6.45) is 0. The van der Waals surface area contributed by atoms with E-state index >= 15 is 0 Å². The molecule has 114 valence electrons. The zero-order valence-electron chi connectivity index (χ0n) is 12.7. The SMILES string of the molecule is CC(c1cc2ccccc2s1)N(CCN(C)C)CC(=O)O. The fourth-order valence-corrected chi connectivity index (χ4v) is 3.45. The van der Waals surface area contributed by atoms with Gasteiger partial charge in [-0.25, -0.2) is 0 Å². The second-order valence-corrected chi connectivity index (χ2v) is 6.65. The number of carbonyl (C=O) groups is 1. The minimum atomic E-state index is -0.776. The molecule has 0 fully saturated rings. The van der Waals surface area contributed by atoms with Gasteiger partial charge in [0.15, 0.2) is 0 Å².